The van der Waals surface area contributed by atoms with Crippen LogP contribution in [0.15, 0.2) is 10.6 Å². The number of ether oxygens (including phenoxy) is 2. The molecule has 0 spiro atoms. The minimum absolute atomic E-state index is 0.00449. The molecule has 0 aromatic heterocycles. The van der Waals surface area contributed by atoms with E-state index >= 15 is 0 Å². The molecular formula is C13H19BrO2. The molecule has 1 fully saturated rings. The van der Waals surface area contributed by atoms with E-state index in [0.29, 0.717) is 6.61 Å². The molecule has 1 heterocycles. The minimum Gasteiger partial charge on any atom is -0.347 e. The minimum atomic E-state index is -0.468. The van der Waals surface area contributed by atoms with E-state index in [1.165, 1.54) is 6.42 Å². The van der Waals surface area contributed by atoms with Gasteiger partial charge in [0.15, 0.2) is 5.79 Å². The third-order valence-electron chi connectivity index (χ3n) is 2.23. The molecule has 2 nitrogen and oxygen atoms in total. The average Bonchev–Trinajstić information content (AvgIpc) is 2.53. The lowest BCUT2D eigenvalue weighted by Crippen LogP contribution is -2.20. The number of unbranched alkanes of at least 4 members (excludes halogenated alkanes) is 2. The topological polar surface area (TPSA) is 18.5 Å². The second-order valence-electron chi connectivity index (χ2n) is 4.29. The molecule has 0 aliphatic carbocycles. The zero-order valence-corrected chi connectivity index (χ0v) is 11.8. The third kappa shape index (κ3) is 5.16. The van der Waals surface area contributed by atoms with E-state index in [1.54, 1.807) is 0 Å². The monoisotopic (exact) mass is 286 g/mol. The van der Waals surface area contributed by atoms with Crippen molar-refractivity contribution in [3.05, 3.63) is 10.6 Å². The van der Waals surface area contributed by atoms with Gasteiger partial charge in [0.25, 0.3) is 0 Å². The summed E-state index contributed by atoms with van der Waals surface area (Å²) in [5.74, 6) is 5.71. The first-order valence-corrected chi connectivity index (χ1v) is 6.51. The highest BCUT2D eigenvalue weighted by molar-refractivity contribution is 9.12. The van der Waals surface area contributed by atoms with Crippen LogP contribution in [0.4, 0.5) is 0 Å². The zero-order valence-electron chi connectivity index (χ0n) is 10.2. The second-order valence-corrected chi connectivity index (χ2v) is 5.14. The lowest BCUT2D eigenvalue weighted by atomic mass is 10.2. The Hall–Kier alpha value is -0.300. The van der Waals surface area contributed by atoms with E-state index in [4.69, 9.17) is 9.47 Å². The summed E-state index contributed by atoms with van der Waals surface area (Å²) in [4.78, 5) is 0. The molecule has 1 atom stereocenters. The highest BCUT2D eigenvalue weighted by Crippen LogP contribution is 2.24. The molecular weight excluding hydrogens is 268 g/mol. The molecule has 0 amide bonds. The molecule has 0 aromatic carbocycles. The van der Waals surface area contributed by atoms with Gasteiger partial charge < -0.3 is 9.47 Å². The maximum absolute atomic E-state index is 5.65. The van der Waals surface area contributed by atoms with Crippen molar-refractivity contribution < 1.29 is 9.47 Å². The zero-order chi connectivity index (χ0) is 12.0. The van der Waals surface area contributed by atoms with Crippen LogP contribution in [0.3, 0.4) is 0 Å². The smallest absolute Gasteiger partial charge is 0.163 e. The molecule has 1 rings (SSSR count). The van der Waals surface area contributed by atoms with Crippen LogP contribution >= 0.6 is 15.9 Å². The van der Waals surface area contributed by atoms with E-state index in [1.807, 2.05) is 19.9 Å². The van der Waals surface area contributed by atoms with Crippen LogP contribution in [0, 0.1) is 11.8 Å². The average molecular weight is 287 g/mol. The van der Waals surface area contributed by atoms with Gasteiger partial charge in [-0.3, -0.25) is 0 Å². The van der Waals surface area contributed by atoms with Gasteiger partial charge in [0.2, 0.25) is 0 Å². The van der Waals surface area contributed by atoms with E-state index in [-0.39, 0.29) is 6.10 Å². The third-order valence-corrected chi connectivity index (χ3v) is 2.69. The second kappa shape index (κ2) is 6.44. The van der Waals surface area contributed by atoms with Gasteiger partial charge in [0, 0.05) is 6.42 Å². The maximum atomic E-state index is 5.65. The van der Waals surface area contributed by atoms with Crippen molar-refractivity contribution in [2.75, 3.05) is 6.61 Å². The van der Waals surface area contributed by atoms with Crippen molar-refractivity contribution >= 4 is 15.9 Å². The Labute approximate surface area is 107 Å². The summed E-state index contributed by atoms with van der Waals surface area (Å²) in [5.41, 5.74) is 0. The number of halogens is 1. The lowest BCUT2D eigenvalue weighted by Gasteiger charge is -2.15. The molecule has 0 saturated carbocycles. The quantitative estimate of drug-likeness (QED) is 0.583. The SMILES string of the molecule is CCCCC#C/C(Br)=C\[C@H]1COC(C)(C)O1. The van der Waals surface area contributed by atoms with Crippen molar-refractivity contribution in [1.82, 2.24) is 0 Å². The van der Waals surface area contributed by atoms with Crippen molar-refractivity contribution in [3.63, 3.8) is 0 Å². The Kier molecular flexibility index (Phi) is 5.54. The van der Waals surface area contributed by atoms with Crippen molar-refractivity contribution in [1.29, 1.82) is 0 Å². The standard InChI is InChI=1S/C13H19BrO2/c1-4-5-6-7-8-11(14)9-12-10-15-13(2,3)16-12/h9,12H,4-6,10H2,1-3H3/b11-9+/t12-/m0/s1. The number of rotatable bonds is 3. The molecule has 3 heteroatoms. The molecule has 90 valence electrons. The first-order valence-electron chi connectivity index (χ1n) is 5.71. The molecule has 0 radical (unpaired) electrons. The summed E-state index contributed by atoms with van der Waals surface area (Å²) in [7, 11) is 0. The summed E-state index contributed by atoms with van der Waals surface area (Å²) in [6.07, 6.45) is 5.26. The van der Waals surface area contributed by atoms with Gasteiger partial charge in [-0.05, 0) is 42.3 Å². The summed E-state index contributed by atoms with van der Waals surface area (Å²) in [6.45, 7) is 6.60. The van der Waals surface area contributed by atoms with Crippen LogP contribution in [0.25, 0.3) is 0 Å². The molecule has 1 saturated heterocycles. The van der Waals surface area contributed by atoms with Gasteiger partial charge in [-0.2, -0.15) is 0 Å². The Bertz CT molecular complexity index is 310. The number of hydrogen-bond donors (Lipinski definition) is 0. The molecule has 0 N–H and O–H groups in total. The van der Waals surface area contributed by atoms with Gasteiger partial charge >= 0.3 is 0 Å². The molecule has 0 bridgehead atoms. The molecule has 0 unspecified atom stereocenters. The Balaban J connectivity index is 2.41. The largest absolute Gasteiger partial charge is 0.347 e. The van der Waals surface area contributed by atoms with E-state index in [0.717, 1.165) is 17.3 Å². The number of hydrogen-bond acceptors (Lipinski definition) is 2. The van der Waals surface area contributed by atoms with Crippen molar-refractivity contribution in [2.24, 2.45) is 0 Å². The Morgan fingerprint density at radius 2 is 2.31 bits per heavy atom. The summed E-state index contributed by atoms with van der Waals surface area (Å²) >= 11 is 3.43. The summed E-state index contributed by atoms with van der Waals surface area (Å²) in [6, 6.07) is 0. The van der Waals surface area contributed by atoms with Crippen LogP contribution in [-0.2, 0) is 9.47 Å². The van der Waals surface area contributed by atoms with Crippen molar-refractivity contribution in [2.45, 2.75) is 51.9 Å². The maximum Gasteiger partial charge on any atom is 0.163 e. The van der Waals surface area contributed by atoms with Gasteiger partial charge in [-0.25, -0.2) is 0 Å². The van der Waals surface area contributed by atoms with Gasteiger partial charge in [-0.15, -0.1) is 0 Å². The van der Waals surface area contributed by atoms with Crippen LogP contribution in [0.2, 0.25) is 0 Å². The fraction of sp³-hybridized carbons (Fsp3) is 0.692. The van der Waals surface area contributed by atoms with E-state index < -0.39 is 5.79 Å². The molecule has 1 aliphatic heterocycles. The first-order chi connectivity index (χ1) is 7.53. The highest BCUT2D eigenvalue weighted by Gasteiger charge is 2.31. The molecule has 16 heavy (non-hydrogen) atoms. The normalized spacial score (nSPS) is 24.0. The van der Waals surface area contributed by atoms with E-state index in [2.05, 4.69) is 34.7 Å². The highest BCUT2D eigenvalue weighted by atomic mass is 79.9. The number of allylic oxidation sites excluding steroid dienone is 1. The first kappa shape index (κ1) is 13.8. The van der Waals surface area contributed by atoms with Crippen LogP contribution in [0.1, 0.15) is 40.0 Å². The van der Waals surface area contributed by atoms with Crippen LogP contribution in [-0.4, -0.2) is 18.5 Å². The van der Waals surface area contributed by atoms with Crippen LogP contribution < -0.4 is 0 Å². The lowest BCUT2D eigenvalue weighted by molar-refractivity contribution is -0.133. The summed E-state index contributed by atoms with van der Waals surface area (Å²) < 4.78 is 12.0. The van der Waals surface area contributed by atoms with Gasteiger partial charge in [-0.1, -0.05) is 25.2 Å². The molecule has 1 aliphatic rings. The van der Waals surface area contributed by atoms with Gasteiger partial charge in [0.1, 0.15) is 6.10 Å². The summed E-state index contributed by atoms with van der Waals surface area (Å²) in [5, 5.41) is 0. The fourth-order valence-corrected chi connectivity index (χ4v) is 1.85. The van der Waals surface area contributed by atoms with E-state index in [9.17, 15) is 0 Å². The predicted octanol–water partition coefficient (Wildman–Crippen LogP) is 3.61. The Morgan fingerprint density at radius 3 is 2.88 bits per heavy atom. The van der Waals surface area contributed by atoms with Crippen molar-refractivity contribution in [3.8, 4) is 11.8 Å². The van der Waals surface area contributed by atoms with Gasteiger partial charge in [0.05, 0.1) is 11.1 Å². The Morgan fingerprint density at radius 1 is 1.56 bits per heavy atom. The predicted molar refractivity (Wildman–Crippen MR) is 69.2 cm³/mol. The van der Waals surface area contributed by atoms with Crippen LogP contribution in [0.5, 0.6) is 0 Å². The fourth-order valence-electron chi connectivity index (χ4n) is 1.41. The molecule has 0 aromatic rings.